The van der Waals surface area contributed by atoms with Crippen LogP contribution in [0.1, 0.15) is 31.6 Å². The van der Waals surface area contributed by atoms with Gasteiger partial charge in [-0.05, 0) is 50.7 Å². The lowest BCUT2D eigenvalue weighted by atomic mass is 10.0. The van der Waals surface area contributed by atoms with Gasteiger partial charge in [0.1, 0.15) is 0 Å². The van der Waals surface area contributed by atoms with Gasteiger partial charge in [-0.3, -0.25) is 0 Å². The molecule has 1 aromatic heterocycles. The molecule has 1 aliphatic rings. The molecule has 1 fully saturated rings. The second-order valence-corrected chi connectivity index (χ2v) is 7.29. The molecule has 19 heavy (non-hydrogen) atoms. The van der Waals surface area contributed by atoms with Crippen LogP contribution in [0.15, 0.2) is 6.20 Å². The highest BCUT2D eigenvalue weighted by molar-refractivity contribution is 7.99. The van der Waals surface area contributed by atoms with Crippen LogP contribution in [0.25, 0.3) is 0 Å². The van der Waals surface area contributed by atoms with E-state index in [0.29, 0.717) is 0 Å². The van der Waals surface area contributed by atoms with E-state index in [1.54, 1.807) is 0 Å². The Morgan fingerprint density at radius 3 is 2.74 bits per heavy atom. The summed E-state index contributed by atoms with van der Waals surface area (Å²) in [5, 5.41) is 4.77. The molecule has 108 valence electrons. The van der Waals surface area contributed by atoms with Crippen molar-refractivity contribution in [2.24, 2.45) is 5.92 Å². The van der Waals surface area contributed by atoms with Crippen molar-refractivity contribution in [3.05, 3.63) is 11.1 Å². The summed E-state index contributed by atoms with van der Waals surface area (Å²) in [4.78, 5) is 8.19. The molecule has 3 nitrogen and oxygen atoms in total. The second-order valence-electron chi connectivity index (χ2n) is 4.97. The zero-order valence-electron chi connectivity index (χ0n) is 12.0. The van der Waals surface area contributed by atoms with Crippen LogP contribution in [-0.4, -0.2) is 36.1 Å². The summed E-state index contributed by atoms with van der Waals surface area (Å²) in [7, 11) is 0. The minimum atomic E-state index is 0.886. The molecule has 1 aromatic rings. The molecule has 0 spiro atoms. The van der Waals surface area contributed by atoms with E-state index in [0.717, 1.165) is 30.7 Å². The monoisotopic (exact) mass is 299 g/mol. The lowest BCUT2D eigenvalue weighted by Gasteiger charge is -2.21. The smallest absolute Gasteiger partial charge is 0.185 e. The van der Waals surface area contributed by atoms with Gasteiger partial charge < -0.3 is 10.2 Å². The predicted octanol–water partition coefficient (Wildman–Crippen LogP) is 3.22. The fraction of sp³-hybridized carbons (Fsp3) is 0.786. The lowest BCUT2D eigenvalue weighted by Crippen LogP contribution is -2.25. The molecule has 1 aliphatic heterocycles. The van der Waals surface area contributed by atoms with Crippen molar-refractivity contribution in [2.75, 3.05) is 36.0 Å². The van der Waals surface area contributed by atoms with E-state index in [1.165, 1.54) is 35.8 Å². The first kappa shape index (κ1) is 15.1. The molecular formula is C14H25N3S2. The average molecular weight is 300 g/mol. The third kappa shape index (κ3) is 4.65. The highest BCUT2D eigenvalue weighted by atomic mass is 32.2. The summed E-state index contributed by atoms with van der Waals surface area (Å²) >= 11 is 3.92. The maximum absolute atomic E-state index is 4.52. The van der Waals surface area contributed by atoms with Gasteiger partial charge in [0.05, 0.1) is 0 Å². The normalized spacial score (nSPS) is 16.7. The summed E-state index contributed by atoms with van der Waals surface area (Å²) in [5.41, 5.74) is 0. The molecule has 0 unspecified atom stereocenters. The summed E-state index contributed by atoms with van der Waals surface area (Å²) < 4.78 is 0. The Labute approximate surface area is 125 Å². The molecular weight excluding hydrogens is 274 g/mol. The van der Waals surface area contributed by atoms with Crippen LogP contribution < -0.4 is 10.2 Å². The average Bonchev–Trinajstić information content (AvgIpc) is 2.90. The van der Waals surface area contributed by atoms with Crippen molar-refractivity contribution < 1.29 is 0 Å². The van der Waals surface area contributed by atoms with Gasteiger partial charge in [-0.1, -0.05) is 0 Å². The SMILES string of the molecule is CCN(CC)c1ncc(CNCC2CCSCC2)s1. The molecule has 2 heterocycles. The van der Waals surface area contributed by atoms with Gasteiger partial charge in [0.15, 0.2) is 5.13 Å². The first-order chi connectivity index (χ1) is 9.33. The van der Waals surface area contributed by atoms with E-state index in [-0.39, 0.29) is 0 Å². The lowest BCUT2D eigenvalue weighted by molar-refractivity contribution is 0.448. The Balaban J connectivity index is 1.73. The fourth-order valence-corrected chi connectivity index (χ4v) is 4.58. The van der Waals surface area contributed by atoms with E-state index in [2.05, 4.69) is 40.8 Å². The van der Waals surface area contributed by atoms with Gasteiger partial charge in [0.2, 0.25) is 0 Å². The van der Waals surface area contributed by atoms with Crippen molar-refractivity contribution in [1.82, 2.24) is 10.3 Å². The first-order valence-corrected chi connectivity index (χ1v) is 9.28. The molecule has 0 saturated carbocycles. The van der Waals surface area contributed by atoms with Gasteiger partial charge in [-0.25, -0.2) is 4.98 Å². The van der Waals surface area contributed by atoms with E-state index in [9.17, 15) is 0 Å². The predicted molar refractivity (Wildman–Crippen MR) is 87.4 cm³/mol. The number of rotatable bonds is 7. The second kappa shape index (κ2) is 8.12. The van der Waals surface area contributed by atoms with Crippen molar-refractivity contribution in [1.29, 1.82) is 0 Å². The number of thioether (sulfide) groups is 1. The maximum Gasteiger partial charge on any atom is 0.185 e. The molecule has 5 heteroatoms. The summed E-state index contributed by atoms with van der Waals surface area (Å²) in [6, 6.07) is 0. The number of nitrogens with one attached hydrogen (secondary N) is 1. The quantitative estimate of drug-likeness (QED) is 0.837. The molecule has 0 atom stereocenters. The van der Waals surface area contributed by atoms with Crippen molar-refractivity contribution in [3.8, 4) is 0 Å². The number of hydrogen-bond acceptors (Lipinski definition) is 5. The van der Waals surface area contributed by atoms with Gasteiger partial charge >= 0.3 is 0 Å². The van der Waals surface area contributed by atoms with E-state index in [1.807, 2.05) is 17.5 Å². The Hall–Kier alpha value is -0.260. The molecule has 0 aromatic carbocycles. The number of thiazole rings is 1. The number of nitrogens with zero attached hydrogens (tertiary/aromatic N) is 2. The van der Waals surface area contributed by atoms with Crippen LogP contribution in [0.3, 0.4) is 0 Å². The van der Waals surface area contributed by atoms with Crippen molar-refractivity contribution in [3.63, 3.8) is 0 Å². The van der Waals surface area contributed by atoms with Gasteiger partial charge in [0.25, 0.3) is 0 Å². The molecule has 2 rings (SSSR count). The van der Waals surface area contributed by atoms with Gasteiger partial charge in [-0.2, -0.15) is 11.8 Å². The Kier molecular flexibility index (Phi) is 6.47. The van der Waals surface area contributed by atoms with Crippen LogP contribution in [0.2, 0.25) is 0 Å². The topological polar surface area (TPSA) is 28.2 Å². The van der Waals surface area contributed by atoms with Gasteiger partial charge in [-0.15, -0.1) is 11.3 Å². The van der Waals surface area contributed by atoms with E-state index < -0.39 is 0 Å². The molecule has 0 amide bonds. The molecule has 0 bridgehead atoms. The zero-order chi connectivity index (χ0) is 13.5. The van der Waals surface area contributed by atoms with E-state index in [4.69, 9.17) is 0 Å². The first-order valence-electron chi connectivity index (χ1n) is 7.31. The Morgan fingerprint density at radius 2 is 2.05 bits per heavy atom. The minimum Gasteiger partial charge on any atom is -0.349 e. The highest BCUT2D eigenvalue weighted by Gasteiger charge is 2.13. The molecule has 1 saturated heterocycles. The largest absolute Gasteiger partial charge is 0.349 e. The van der Waals surface area contributed by atoms with Crippen LogP contribution in [0.5, 0.6) is 0 Å². The summed E-state index contributed by atoms with van der Waals surface area (Å²) in [6.45, 7) is 8.59. The minimum absolute atomic E-state index is 0.886. The highest BCUT2D eigenvalue weighted by Crippen LogP contribution is 2.23. The number of hydrogen-bond donors (Lipinski definition) is 1. The number of anilines is 1. The zero-order valence-corrected chi connectivity index (χ0v) is 13.7. The molecule has 0 radical (unpaired) electrons. The number of aromatic nitrogens is 1. The van der Waals surface area contributed by atoms with E-state index >= 15 is 0 Å². The summed E-state index contributed by atoms with van der Waals surface area (Å²) in [5.74, 6) is 3.58. The van der Waals surface area contributed by atoms with Crippen LogP contribution >= 0.6 is 23.1 Å². The van der Waals surface area contributed by atoms with Gasteiger partial charge in [0, 0.05) is 30.7 Å². The molecule has 0 aliphatic carbocycles. The van der Waals surface area contributed by atoms with Crippen molar-refractivity contribution >= 4 is 28.2 Å². The maximum atomic E-state index is 4.52. The van der Waals surface area contributed by atoms with Crippen LogP contribution in [0.4, 0.5) is 5.13 Å². The Bertz CT molecular complexity index is 357. The van der Waals surface area contributed by atoms with Crippen LogP contribution in [0, 0.1) is 5.92 Å². The van der Waals surface area contributed by atoms with Crippen LogP contribution in [-0.2, 0) is 6.54 Å². The summed E-state index contributed by atoms with van der Waals surface area (Å²) in [6.07, 6.45) is 4.79. The van der Waals surface area contributed by atoms with Crippen molar-refractivity contribution in [2.45, 2.75) is 33.2 Å². The fourth-order valence-electron chi connectivity index (χ4n) is 2.37. The molecule has 1 N–H and O–H groups in total. The third-order valence-electron chi connectivity index (χ3n) is 3.65. The standard InChI is InChI=1S/C14H25N3S2/c1-3-17(4-2)14-16-11-13(19-14)10-15-9-12-5-7-18-8-6-12/h11-12,15H,3-10H2,1-2H3. The Morgan fingerprint density at radius 1 is 1.32 bits per heavy atom. The third-order valence-corrected chi connectivity index (χ3v) is 5.76.